The summed E-state index contributed by atoms with van der Waals surface area (Å²) in [6.45, 7) is 0.298. The predicted octanol–water partition coefficient (Wildman–Crippen LogP) is 3.48. The maximum Gasteiger partial charge on any atom is 0.231 e. The van der Waals surface area contributed by atoms with Gasteiger partial charge < -0.3 is 14.0 Å². The van der Waals surface area contributed by atoms with Crippen LogP contribution in [0.3, 0.4) is 0 Å². The van der Waals surface area contributed by atoms with Crippen LogP contribution in [0, 0.1) is 0 Å². The van der Waals surface area contributed by atoms with E-state index in [-0.39, 0.29) is 0 Å². The molecule has 21 heavy (non-hydrogen) atoms. The number of fused-ring (bicyclic) bond motifs is 1. The molecule has 2 aliphatic rings. The third-order valence-corrected chi connectivity index (χ3v) is 5.52. The minimum atomic E-state index is 0.298. The fourth-order valence-electron chi connectivity index (χ4n) is 2.36. The smallest absolute Gasteiger partial charge is 0.231 e. The second-order valence-corrected chi connectivity index (χ2v) is 7.06. The third kappa shape index (κ3) is 2.53. The fourth-order valence-corrected chi connectivity index (χ4v) is 3.92. The van der Waals surface area contributed by atoms with Gasteiger partial charge in [0.15, 0.2) is 16.7 Å². The maximum absolute atomic E-state index is 5.43. The van der Waals surface area contributed by atoms with Gasteiger partial charge in [-0.25, -0.2) is 0 Å². The molecule has 7 heteroatoms. The lowest BCUT2D eigenvalue weighted by Gasteiger charge is -2.06. The van der Waals surface area contributed by atoms with Crippen molar-refractivity contribution in [2.75, 3.05) is 6.79 Å². The second-order valence-electron chi connectivity index (χ2n) is 5.26. The molecule has 1 aromatic heterocycles. The molecule has 5 nitrogen and oxygen atoms in total. The Hall–Kier alpha value is -1.21. The largest absolute Gasteiger partial charge is 0.454 e. The number of benzene rings is 1. The summed E-state index contributed by atoms with van der Waals surface area (Å²) in [7, 11) is 2.05. The first kappa shape index (κ1) is 13.5. The number of ether oxygens (including phenoxy) is 2. The molecule has 0 atom stereocenters. The summed E-state index contributed by atoms with van der Waals surface area (Å²) in [5.41, 5.74) is 1.17. The van der Waals surface area contributed by atoms with Crippen LogP contribution in [0.1, 0.15) is 30.1 Å². The average Bonchev–Trinajstić information content (AvgIpc) is 3.10. The van der Waals surface area contributed by atoms with Crippen LogP contribution in [0.2, 0.25) is 0 Å². The molecule has 0 bridgehead atoms. The molecule has 0 amide bonds. The van der Waals surface area contributed by atoms with Crippen molar-refractivity contribution < 1.29 is 9.47 Å². The Morgan fingerprint density at radius 2 is 2.05 bits per heavy atom. The van der Waals surface area contributed by atoms with Crippen molar-refractivity contribution in [1.29, 1.82) is 0 Å². The van der Waals surface area contributed by atoms with Gasteiger partial charge in [0.05, 0.1) is 0 Å². The maximum atomic E-state index is 5.43. The highest BCUT2D eigenvalue weighted by Crippen LogP contribution is 2.41. The monoisotopic (exact) mass is 367 g/mol. The van der Waals surface area contributed by atoms with E-state index in [0.717, 1.165) is 32.7 Å². The first-order chi connectivity index (χ1) is 10.2. The highest BCUT2D eigenvalue weighted by molar-refractivity contribution is 9.10. The highest BCUT2D eigenvalue weighted by atomic mass is 79.9. The Labute approximate surface area is 135 Å². The van der Waals surface area contributed by atoms with Gasteiger partial charge in [-0.05, 0) is 30.5 Å². The van der Waals surface area contributed by atoms with Crippen molar-refractivity contribution in [1.82, 2.24) is 14.8 Å². The lowest BCUT2D eigenvalue weighted by atomic mass is 10.2. The van der Waals surface area contributed by atoms with E-state index < -0.39 is 0 Å². The van der Waals surface area contributed by atoms with E-state index in [2.05, 4.69) is 30.7 Å². The van der Waals surface area contributed by atoms with E-state index in [1.807, 2.05) is 19.2 Å². The topological polar surface area (TPSA) is 49.2 Å². The van der Waals surface area contributed by atoms with Crippen LogP contribution >= 0.6 is 27.7 Å². The number of thioether (sulfide) groups is 1. The van der Waals surface area contributed by atoms with E-state index in [1.54, 1.807) is 11.8 Å². The molecule has 1 fully saturated rings. The molecular formula is C14H14BrN3O2S. The van der Waals surface area contributed by atoms with Crippen LogP contribution < -0.4 is 9.47 Å². The number of halogens is 1. The van der Waals surface area contributed by atoms with E-state index >= 15 is 0 Å². The first-order valence-corrected chi connectivity index (χ1v) is 8.60. The zero-order chi connectivity index (χ0) is 14.4. The number of hydrogen-bond donors (Lipinski definition) is 0. The highest BCUT2D eigenvalue weighted by Gasteiger charge is 2.29. The molecule has 0 radical (unpaired) electrons. The van der Waals surface area contributed by atoms with Crippen LogP contribution in [0.15, 0.2) is 21.8 Å². The van der Waals surface area contributed by atoms with Crippen molar-refractivity contribution in [3.8, 4) is 11.5 Å². The summed E-state index contributed by atoms with van der Waals surface area (Å²) >= 11 is 5.28. The van der Waals surface area contributed by atoms with Gasteiger partial charge >= 0.3 is 0 Å². The Morgan fingerprint density at radius 3 is 2.81 bits per heavy atom. The zero-order valence-corrected chi connectivity index (χ0v) is 13.9. The summed E-state index contributed by atoms with van der Waals surface area (Å²) in [4.78, 5) is 0. The predicted molar refractivity (Wildman–Crippen MR) is 82.8 cm³/mol. The lowest BCUT2D eigenvalue weighted by molar-refractivity contribution is 0.174. The van der Waals surface area contributed by atoms with Gasteiger partial charge in [0, 0.05) is 23.2 Å². The van der Waals surface area contributed by atoms with Gasteiger partial charge in [-0.3, -0.25) is 0 Å². The minimum Gasteiger partial charge on any atom is -0.454 e. The summed E-state index contributed by atoms with van der Waals surface area (Å²) in [5.74, 6) is 4.15. The molecule has 1 aromatic carbocycles. The van der Waals surface area contributed by atoms with E-state index in [1.165, 1.54) is 18.4 Å². The molecule has 0 unspecified atom stereocenters. The summed E-state index contributed by atoms with van der Waals surface area (Å²) in [6.07, 6.45) is 2.48. The molecular weight excluding hydrogens is 354 g/mol. The second kappa shape index (κ2) is 5.21. The zero-order valence-electron chi connectivity index (χ0n) is 11.5. The van der Waals surface area contributed by atoms with Crippen LogP contribution in [-0.2, 0) is 12.8 Å². The van der Waals surface area contributed by atoms with Crippen molar-refractivity contribution in [2.45, 2.75) is 29.7 Å². The minimum absolute atomic E-state index is 0.298. The quantitative estimate of drug-likeness (QED) is 0.774. The number of hydrogen-bond acceptors (Lipinski definition) is 5. The summed E-state index contributed by atoms with van der Waals surface area (Å²) in [6, 6.07) is 3.99. The summed E-state index contributed by atoms with van der Waals surface area (Å²) < 4.78 is 13.9. The standard InChI is InChI=1S/C14H14BrN3O2S/c1-18-13(8-2-3-8)16-17-14(18)21-6-9-4-11-12(5-10(9)15)20-7-19-11/h4-5,8H,2-3,6-7H2,1H3. The van der Waals surface area contributed by atoms with Gasteiger partial charge in [-0.2, -0.15) is 0 Å². The molecule has 0 N–H and O–H groups in total. The molecule has 0 spiro atoms. The van der Waals surface area contributed by atoms with Gasteiger partial charge in [-0.15, -0.1) is 10.2 Å². The number of aromatic nitrogens is 3. The number of nitrogens with zero attached hydrogens (tertiary/aromatic N) is 3. The van der Waals surface area contributed by atoms with Crippen molar-refractivity contribution >= 4 is 27.7 Å². The normalized spacial score (nSPS) is 16.5. The molecule has 1 saturated carbocycles. The van der Waals surface area contributed by atoms with Crippen LogP contribution in [0.5, 0.6) is 11.5 Å². The van der Waals surface area contributed by atoms with Crippen LogP contribution in [-0.4, -0.2) is 21.6 Å². The Balaban J connectivity index is 1.52. The fraction of sp³-hybridized carbons (Fsp3) is 0.429. The molecule has 2 aromatic rings. The molecule has 1 aliphatic heterocycles. The van der Waals surface area contributed by atoms with Crippen molar-refractivity contribution in [3.05, 3.63) is 28.0 Å². The average molecular weight is 368 g/mol. The Kier molecular flexibility index (Phi) is 3.34. The first-order valence-electron chi connectivity index (χ1n) is 6.82. The van der Waals surface area contributed by atoms with E-state index in [9.17, 15) is 0 Å². The Bertz CT molecular complexity index is 700. The van der Waals surface area contributed by atoms with Crippen LogP contribution in [0.4, 0.5) is 0 Å². The van der Waals surface area contributed by atoms with Crippen molar-refractivity contribution in [3.63, 3.8) is 0 Å². The van der Waals surface area contributed by atoms with E-state index in [0.29, 0.717) is 12.7 Å². The van der Waals surface area contributed by atoms with Crippen molar-refractivity contribution in [2.24, 2.45) is 7.05 Å². The van der Waals surface area contributed by atoms with Gasteiger partial charge in [-0.1, -0.05) is 27.7 Å². The van der Waals surface area contributed by atoms with Gasteiger partial charge in [0.2, 0.25) is 6.79 Å². The number of rotatable bonds is 4. The lowest BCUT2D eigenvalue weighted by Crippen LogP contribution is -1.97. The Morgan fingerprint density at radius 1 is 1.29 bits per heavy atom. The molecule has 110 valence electrons. The summed E-state index contributed by atoms with van der Waals surface area (Å²) in [5, 5.41) is 9.56. The molecule has 4 rings (SSSR count). The molecule has 1 aliphatic carbocycles. The van der Waals surface area contributed by atoms with E-state index in [4.69, 9.17) is 9.47 Å². The van der Waals surface area contributed by atoms with Gasteiger partial charge in [0.1, 0.15) is 5.82 Å². The molecule has 2 heterocycles. The van der Waals surface area contributed by atoms with Crippen LogP contribution in [0.25, 0.3) is 0 Å². The third-order valence-electron chi connectivity index (χ3n) is 3.71. The molecule has 0 saturated heterocycles. The van der Waals surface area contributed by atoms with Gasteiger partial charge in [0.25, 0.3) is 0 Å². The SMILES string of the molecule is Cn1c(SCc2cc3c(cc2Br)OCO3)nnc1C1CC1.